The molecule has 0 bridgehead atoms. The van der Waals surface area contributed by atoms with Crippen LogP contribution in [0.25, 0.3) is 0 Å². The maximum absolute atomic E-state index is 2.64. The van der Waals surface area contributed by atoms with Gasteiger partial charge in [0, 0.05) is 0 Å². The van der Waals surface area contributed by atoms with E-state index in [-0.39, 0.29) is 0 Å². The zero-order chi connectivity index (χ0) is 43.4. The fourth-order valence-electron chi connectivity index (χ4n) is 9.90. The SMILES string of the molecule is CCCCCCCCCCCCC[N+](C)(C)CCCCCC[N+](C)(CCCCCCCCCCCCC)CCCCCC[N+](C)(C)CCCCCCCCCCCCC. The van der Waals surface area contributed by atoms with E-state index < -0.39 is 0 Å². The molecule has 0 fully saturated rings. The van der Waals surface area contributed by atoms with Gasteiger partial charge in [0.1, 0.15) is 0 Å². The summed E-state index contributed by atoms with van der Waals surface area (Å²) in [6.07, 6.45) is 59.3. The van der Waals surface area contributed by atoms with Crippen molar-refractivity contribution in [2.24, 2.45) is 0 Å². The smallest absolute Gasteiger partial charge is 0.0784 e. The minimum Gasteiger partial charge on any atom is -0.328 e. The van der Waals surface area contributed by atoms with Crippen LogP contribution >= 0.6 is 0 Å². The van der Waals surface area contributed by atoms with Gasteiger partial charge in [-0.15, -0.1) is 0 Å². The summed E-state index contributed by atoms with van der Waals surface area (Å²) in [6.45, 7) is 16.7. The Morgan fingerprint density at radius 2 is 0.305 bits per heavy atom. The molecule has 0 aliphatic heterocycles. The number of nitrogens with zero attached hydrogens (tertiary/aromatic N) is 3. The van der Waals surface area contributed by atoms with Gasteiger partial charge in [-0.25, -0.2) is 0 Å². The van der Waals surface area contributed by atoms with Crippen LogP contribution in [0.15, 0.2) is 0 Å². The Labute approximate surface area is 377 Å². The molecule has 3 heteroatoms. The van der Waals surface area contributed by atoms with Crippen LogP contribution in [0.4, 0.5) is 0 Å². The van der Waals surface area contributed by atoms with Crippen LogP contribution in [-0.2, 0) is 0 Å². The van der Waals surface area contributed by atoms with Crippen molar-refractivity contribution in [1.82, 2.24) is 0 Å². The first-order valence-electron chi connectivity index (χ1n) is 28.1. The van der Waals surface area contributed by atoms with Gasteiger partial charge in [-0.1, -0.05) is 194 Å². The highest BCUT2D eigenvalue weighted by Gasteiger charge is 2.21. The molecule has 0 N–H and O–H groups in total. The maximum Gasteiger partial charge on any atom is 0.0784 e. The molecule has 0 spiro atoms. The Kier molecular flexibility index (Phi) is 43.1. The normalized spacial score (nSPS) is 12.6. The molecule has 0 rings (SSSR count). The third kappa shape index (κ3) is 44.3. The Morgan fingerprint density at radius 1 is 0.169 bits per heavy atom. The van der Waals surface area contributed by atoms with E-state index in [1.807, 2.05) is 0 Å². The number of quaternary nitrogens is 3. The summed E-state index contributed by atoms with van der Waals surface area (Å²) in [5.41, 5.74) is 0. The van der Waals surface area contributed by atoms with E-state index in [9.17, 15) is 0 Å². The summed E-state index contributed by atoms with van der Waals surface area (Å²) >= 11 is 0. The number of hydrogen-bond donors (Lipinski definition) is 0. The highest BCUT2D eigenvalue weighted by atomic mass is 15.3. The van der Waals surface area contributed by atoms with Gasteiger partial charge in [0.15, 0.2) is 0 Å². The van der Waals surface area contributed by atoms with Crippen LogP contribution in [0.3, 0.4) is 0 Å². The van der Waals surface area contributed by atoms with E-state index >= 15 is 0 Å². The zero-order valence-corrected chi connectivity index (χ0v) is 43.3. The average molecular weight is 836 g/mol. The number of rotatable bonds is 50. The van der Waals surface area contributed by atoms with Crippen LogP contribution in [0.2, 0.25) is 0 Å². The van der Waals surface area contributed by atoms with Gasteiger partial charge in [0.05, 0.1) is 81.1 Å². The van der Waals surface area contributed by atoms with Crippen LogP contribution < -0.4 is 0 Å². The molecule has 0 aromatic heterocycles. The van der Waals surface area contributed by atoms with E-state index in [1.165, 1.54) is 323 Å². The van der Waals surface area contributed by atoms with Crippen molar-refractivity contribution in [3.8, 4) is 0 Å². The molecule has 0 unspecified atom stereocenters. The van der Waals surface area contributed by atoms with Crippen molar-refractivity contribution in [1.29, 1.82) is 0 Å². The monoisotopic (exact) mass is 835 g/mol. The van der Waals surface area contributed by atoms with Crippen LogP contribution in [0.1, 0.15) is 284 Å². The summed E-state index contributed by atoms with van der Waals surface area (Å²) in [4.78, 5) is 0. The maximum atomic E-state index is 2.64. The minimum absolute atomic E-state index is 1.24. The molecule has 3 nitrogen and oxygen atoms in total. The van der Waals surface area contributed by atoms with Gasteiger partial charge in [-0.05, 0) is 89.9 Å². The lowest BCUT2D eigenvalue weighted by Gasteiger charge is -2.35. The second-order valence-corrected chi connectivity index (χ2v) is 22.0. The third-order valence-electron chi connectivity index (χ3n) is 14.5. The fourth-order valence-corrected chi connectivity index (χ4v) is 9.90. The standard InChI is InChI=1S/C56H120N3/c1-9-12-15-18-21-24-27-30-33-36-43-50-57(4,5)52-45-39-41-48-55-59(8,54-47-38-35-32-29-26-23-20-17-14-11-3)56-49-42-40-46-53-58(6,7)51-44-37-34-31-28-25-22-19-16-13-10-2/h9-56H2,1-8H3/q+3. The highest BCUT2D eigenvalue weighted by Crippen LogP contribution is 2.19. The molecule has 0 atom stereocenters. The van der Waals surface area contributed by atoms with Crippen LogP contribution in [0.5, 0.6) is 0 Å². The molecule has 0 radical (unpaired) electrons. The first-order valence-corrected chi connectivity index (χ1v) is 28.1. The molecule has 0 aliphatic rings. The molecule has 59 heavy (non-hydrogen) atoms. The fraction of sp³-hybridized carbons (Fsp3) is 1.00. The lowest BCUT2D eigenvalue weighted by molar-refractivity contribution is -0.910. The van der Waals surface area contributed by atoms with Gasteiger partial charge < -0.3 is 13.4 Å². The summed E-state index contributed by atoms with van der Waals surface area (Å²) in [7, 11) is 12.6. The number of hydrogen-bond acceptors (Lipinski definition) is 0. The third-order valence-corrected chi connectivity index (χ3v) is 14.5. The van der Waals surface area contributed by atoms with Crippen molar-refractivity contribution < 1.29 is 13.4 Å². The average Bonchev–Trinajstić information content (AvgIpc) is 3.20. The Hall–Kier alpha value is -0.120. The second kappa shape index (κ2) is 43.1. The molecule has 0 saturated carbocycles. The topological polar surface area (TPSA) is 0 Å². The molecule has 0 amide bonds. The van der Waals surface area contributed by atoms with Gasteiger partial charge in [-0.2, -0.15) is 0 Å². The minimum atomic E-state index is 1.24. The van der Waals surface area contributed by atoms with Crippen LogP contribution in [-0.4, -0.2) is 94.5 Å². The van der Waals surface area contributed by atoms with E-state index in [1.54, 1.807) is 0 Å². The van der Waals surface area contributed by atoms with Gasteiger partial charge in [0.25, 0.3) is 0 Å². The van der Waals surface area contributed by atoms with E-state index in [2.05, 4.69) is 56.0 Å². The van der Waals surface area contributed by atoms with Gasteiger partial charge in [0.2, 0.25) is 0 Å². The molecule has 0 aromatic carbocycles. The summed E-state index contributed by atoms with van der Waals surface area (Å²) in [5, 5.41) is 0. The van der Waals surface area contributed by atoms with Crippen LogP contribution in [0, 0.1) is 0 Å². The molecule has 0 aliphatic carbocycles. The molecule has 0 heterocycles. The predicted molar refractivity (Wildman–Crippen MR) is 271 cm³/mol. The molecular formula is C56H120N3+3. The van der Waals surface area contributed by atoms with Gasteiger partial charge >= 0.3 is 0 Å². The highest BCUT2D eigenvalue weighted by molar-refractivity contribution is 4.54. The second-order valence-electron chi connectivity index (χ2n) is 22.0. The first-order chi connectivity index (χ1) is 28.6. The predicted octanol–water partition coefficient (Wildman–Crippen LogP) is 17.6. The summed E-state index contributed by atoms with van der Waals surface area (Å²) in [6, 6.07) is 0. The van der Waals surface area contributed by atoms with E-state index in [4.69, 9.17) is 0 Å². The molecule has 356 valence electrons. The largest absolute Gasteiger partial charge is 0.328 e. The van der Waals surface area contributed by atoms with Gasteiger partial charge in [-0.3, -0.25) is 0 Å². The Morgan fingerprint density at radius 3 is 0.475 bits per heavy atom. The van der Waals surface area contributed by atoms with Crippen molar-refractivity contribution >= 4 is 0 Å². The lowest BCUT2D eigenvalue weighted by atomic mass is 10.0. The first kappa shape index (κ1) is 58.9. The van der Waals surface area contributed by atoms with Crippen molar-refractivity contribution in [2.45, 2.75) is 284 Å². The lowest BCUT2D eigenvalue weighted by Crippen LogP contribution is -2.46. The summed E-state index contributed by atoms with van der Waals surface area (Å²) < 4.78 is 3.82. The molecule has 0 saturated heterocycles. The summed E-state index contributed by atoms with van der Waals surface area (Å²) in [5.74, 6) is 0. The van der Waals surface area contributed by atoms with E-state index in [0.717, 1.165) is 0 Å². The van der Waals surface area contributed by atoms with E-state index in [0.29, 0.717) is 0 Å². The van der Waals surface area contributed by atoms with Crippen molar-refractivity contribution in [3.05, 3.63) is 0 Å². The van der Waals surface area contributed by atoms with Crippen molar-refractivity contribution in [2.75, 3.05) is 81.1 Å². The molecule has 0 aromatic rings. The Balaban J connectivity index is 4.37. The number of unbranched alkanes of at least 4 members (excludes halogenated alkanes) is 36. The quantitative estimate of drug-likeness (QED) is 0.0423. The Bertz CT molecular complexity index is 755. The molecular weight excluding hydrogens is 715 g/mol. The van der Waals surface area contributed by atoms with Crippen molar-refractivity contribution in [3.63, 3.8) is 0 Å². The zero-order valence-electron chi connectivity index (χ0n) is 43.3.